The van der Waals surface area contributed by atoms with Crippen LogP contribution in [-0.2, 0) is 32.2 Å². The molecule has 1 aliphatic heterocycles. The fourth-order valence-corrected chi connectivity index (χ4v) is 5.23. The highest BCUT2D eigenvalue weighted by Gasteiger charge is 2.33. The zero-order valence-electron chi connectivity index (χ0n) is 25.0. The maximum absolute atomic E-state index is 12.1. The molecule has 0 radical (unpaired) electrons. The highest BCUT2D eigenvalue weighted by atomic mass is 16.7. The van der Waals surface area contributed by atoms with E-state index in [4.69, 9.17) is 14.6 Å². The Balaban J connectivity index is 1.39. The third-order valence-electron chi connectivity index (χ3n) is 7.66. The molecule has 3 aromatic carbocycles. The van der Waals surface area contributed by atoms with Crippen molar-refractivity contribution in [1.29, 1.82) is 0 Å². The van der Waals surface area contributed by atoms with Crippen molar-refractivity contribution in [2.75, 3.05) is 20.1 Å². The van der Waals surface area contributed by atoms with Gasteiger partial charge >= 0.3 is 5.97 Å². The molecule has 3 aromatic rings. The number of carboxylic acid groups (broad SMARTS) is 1. The first-order valence-electron chi connectivity index (χ1n) is 14.9. The predicted molar refractivity (Wildman–Crippen MR) is 163 cm³/mol. The molecule has 1 fully saturated rings. The number of phenols is 1. The highest BCUT2D eigenvalue weighted by Crippen LogP contribution is 2.38. The van der Waals surface area contributed by atoms with Crippen molar-refractivity contribution in [1.82, 2.24) is 10.2 Å². The molecule has 0 aromatic heterocycles. The summed E-state index contributed by atoms with van der Waals surface area (Å²) in [5.41, 5.74) is 4.18. The number of carbonyl (C=O) groups excluding carboxylic acids is 1. The van der Waals surface area contributed by atoms with Gasteiger partial charge < -0.3 is 40.1 Å². The number of hydrogen-bond acceptors (Lipinski definition) is 8. The zero-order valence-corrected chi connectivity index (χ0v) is 25.0. The van der Waals surface area contributed by atoms with Gasteiger partial charge in [-0.05, 0) is 54.3 Å². The average molecular weight is 607 g/mol. The number of ether oxygens (including phenoxy) is 2. The lowest BCUT2D eigenvalue weighted by Gasteiger charge is -2.38. The van der Waals surface area contributed by atoms with E-state index < -0.39 is 18.4 Å². The molecule has 1 heterocycles. The molecule has 1 aliphatic rings. The van der Waals surface area contributed by atoms with Crippen LogP contribution in [0.4, 0.5) is 0 Å². The Bertz CT molecular complexity index is 1350. The van der Waals surface area contributed by atoms with E-state index in [0.29, 0.717) is 44.5 Å². The second-order valence-corrected chi connectivity index (χ2v) is 11.3. The van der Waals surface area contributed by atoms with Crippen LogP contribution in [0.3, 0.4) is 0 Å². The van der Waals surface area contributed by atoms with Crippen molar-refractivity contribution in [3.63, 3.8) is 0 Å². The molecule has 10 nitrogen and oxygen atoms in total. The van der Waals surface area contributed by atoms with Crippen molar-refractivity contribution >= 4 is 11.9 Å². The Hall–Kier alpha value is -3.80. The van der Waals surface area contributed by atoms with E-state index in [-0.39, 0.29) is 43.3 Å². The zero-order chi connectivity index (χ0) is 31.5. The van der Waals surface area contributed by atoms with Crippen molar-refractivity contribution < 1.29 is 39.5 Å². The normalized spacial score (nSPS) is 19.0. The number of benzene rings is 3. The topological polar surface area (TPSA) is 149 Å². The summed E-state index contributed by atoms with van der Waals surface area (Å²) < 4.78 is 12.8. The first-order valence-corrected chi connectivity index (χ1v) is 14.9. The maximum Gasteiger partial charge on any atom is 0.303 e. The number of unbranched alkanes of at least 4 members (excludes halogenated alkanes) is 1. The van der Waals surface area contributed by atoms with E-state index in [2.05, 4.69) is 5.32 Å². The van der Waals surface area contributed by atoms with Crippen molar-refractivity contribution in [3.05, 3.63) is 101 Å². The molecule has 5 N–H and O–H groups in total. The number of aliphatic carboxylic acids is 1. The lowest BCUT2D eigenvalue weighted by atomic mass is 9.99. The van der Waals surface area contributed by atoms with Crippen LogP contribution in [-0.4, -0.2) is 63.4 Å². The molecule has 1 amide bonds. The minimum atomic E-state index is -0.857. The summed E-state index contributed by atoms with van der Waals surface area (Å²) >= 11 is 0. The average Bonchev–Trinajstić information content (AvgIpc) is 3.02. The fourth-order valence-electron chi connectivity index (χ4n) is 5.23. The molecular formula is C34H42N2O8. The van der Waals surface area contributed by atoms with Gasteiger partial charge in [0.25, 0.3) is 0 Å². The van der Waals surface area contributed by atoms with Gasteiger partial charge in [0, 0.05) is 44.5 Å². The first kappa shape index (κ1) is 33.1. The van der Waals surface area contributed by atoms with Gasteiger partial charge in [0.05, 0.1) is 24.9 Å². The number of phenolic OH excluding ortho intramolecular Hbond substituents is 1. The predicted octanol–water partition coefficient (Wildman–Crippen LogP) is 4.36. The third-order valence-corrected chi connectivity index (χ3v) is 7.66. The number of hydrogen-bond donors (Lipinski definition) is 5. The Labute approximate surface area is 257 Å². The molecule has 44 heavy (non-hydrogen) atoms. The maximum atomic E-state index is 12.1. The van der Waals surface area contributed by atoms with E-state index in [0.717, 1.165) is 22.3 Å². The number of nitrogens with zero attached hydrogens (tertiary/aromatic N) is 1. The van der Waals surface area contributed by atoms with Gasteiger partial charge in [-0.3, -0.25) is 9.59 Å². The van der Waals surface area contributed by atoms with Gasteiger partial charge in [-0.25, -0.2) is 0 Å². The summed E-state index contributed by atoms with van der Waals surface area (Å²) in [6, 6.07) is 22.0. The molecule has 4 atom stereocenters. The van der Waals surface area contributed by atoms with Crippen LogP contribution in [0.15, 0.2) is 72.8 Å². The van der Waals surface area contributed by atoms with Crippen molar-refractivity contribution in [2.24, 2.45) is 0 Å². The molecule has 0 aliphatic carbocycles. The molecule has 1 saturated heterocycles. The minimum Gasteiger partial charge on any atom is -0.508 e. The number of aromatic hydroxyl groups is 1. The monoisotopic (exact) mass is 606 g/mol. The summed E-state index contributed by atoms with van der Waals surface area (Å²) in [4.78, 5) is 24.8. The molecular weight excluding hydrogens is 564 g/mol. The standard InChI is InChI=1S/C34H42N2O8/c1-36(21-30(39)27-5-4-6-28(38)17-27)20-29-18-31(25-13-11-24(22-37)12-14-25)44-34(43-29)26-15-9-23(10-16-26)19-35-32(40)7-2-3-8-33(41)42/h4-6,9-17,29-31,34,37-39H,2-3,7-8,18-22H2,1H3,(H,35,40)(H,41,42)/t29-,30-,31+,34+/m1/s1. The van der Waals surface area contributed by atoms with Crippen LogP contribution in [0.2, 0.25) is 0 Å². The van der Waals surface area contributed by atoms with Crippen LogP contribution in [0.1, 0.15) is 78.4 Å². The molecule has 4 rings (SSSR count). The molecule has 0 saturated carbocycles. The SMILES string of the molecule is CN(C[C@H]1C[C@@H](c2ccc(CO)cc2)O[C@@H](c2ccc(CNC(=O)CCCCC(=O)O)cc2)O1)C[C@@H](O)c1cccc(O)c1. The van der Waals surface area contributed by atoms with Crippen LogP contribution < -0.4 is 5.32 Å². The van der Waals surface area contributed by atoms with Gasteiger partial charge in [0.1, 0.15) is 5.75 Å². The van der Waals surface area contributed by atoms with Crippen molar-refractivity contribution in [2.45, 2.75) is 69.9 Å². The molecule has 0 unspecified atom stereocenters. The fraction of sp³-hybridized carbons (Fsp3) is 0.412. The number of amides is 1. The number of rotatable bonds is 15. The Morgan fingerprint density at radius 1 is 0.955 bits per heavy atom. The number of carbonyl (C=O) groups is 2. The molecule has 10 heteroatoms. The van der Waals surface area contributed by atoms with Crippen LogP contribution >= 0.6 is 0 Å². The number of aliphatic hydroxyl groups excluding tert-OH is 2. The van der Waals surface area contributed by atoms with Gasteiger partial charge in [-0.2, -0.15) is 0 Å². The quantitative estimate of drug-likeness (QED) is 0.159. The molecule has 236 valence electrons. The van der Waals surface area contributed by atoms with E-state index in [1.54, 1.807) is 24.3 Å². The second kappa shape index (κ2) is 16.3. The Kier molecular flexibility index (Phi) is 12.3. The van der Waals surface area contributed by atoms with Gasteiger partial charge in [-0.15, -0.1) is 0 Å². The second-order valence-electron chi connectivity index (χ2n) is 11.3. The van der Waals surface area contributed by atoms with Gasteiger partial charge in [0.15, 0.2) is 6.29 Å². The Morgan fingerprint density at radius 3 is 2.32 bits per heavy atom. The first-order chi connectivity index (χ1) is 21.2. The number of carboxylic acids is 1. The molecule has 0 bridgehead atoms. The Morgan fingerprint density at radius 2 is 1.64 bits per heavy atom. The molecule has 0 spiro atoms. The minimum absolute atomic E-state index is 0.0377. The summed E-state index contributed by atoms with van der Waals surface area (Å²) in [5, 5.41) is 41.6. The van der Waals surface area contributed by atoms with E-state index in [1.165, 1.54) is 0 Å². The third kappa shape index (κ3) is 10.1. The summed E-state index contributed by atoms with van der Waals surface area (Å²) in [5.74, 6) is -0.865. The summed E-state index contributed by atoms with van der Waals surface area (Å²) in [6.45, 7) is 1.21. The number of aliphatic hydroxyl groups is 2. The van der Waals surface area contributed by atoms with E-state index in [1.807, 2.05) is 60.5 Å². The van der Waals surface area contributed by atoms with E-state index in [9.17, 15) is 24.9 Å². The number of nitrogens with one attached hydrogen (secondary N) is 1. The van der Waals surface area contributed by atoms with Crippen LogP contribution in [0.25, 0.3) is 0 Å². The number of likely N-dealkylation sites (N-methyl/N-ethyl adjacent to an activating group) is 1. The lowest BCUT2D eigenvalue weighted by molar-refractivity contribution is -0.252. The summed E-state index contributed by atoms with van der Waals surface area (Å²) in [7, 11) is 1.92. The lowest BCUT2D eigenvalue weighted by Crippen LogP contribution is -2.39. The summed E-state index contributed by atoms with van der Waals surface area (Å²) in [6.07, 6.45) is 0.0689. The van der Waals surface area contributed by atoms with E-state index >= 15 is 0 Å². The van der Waals surface area contributed by atoms with Crippen LogP contribution in [0, 0.1) is 0 Å². The van der Waals surface area contributed by atoms with Gasteiger partial charge in [-0.1, -0.05) is 60.7 Å². The largest absolute Gasteiger partial charge is 0.508 e. The highest BCUT2D eigenvalue weighted by molar-refractivity contribution is 5.75. The van der Waals surface area contributed by atoms with Crippen molar-refractivity contribution in [3.8, 4) is 5.75 Å². The smallest absolute Gasteiger partial charge is 0.303 e. The van der Waals surface area contributed by atoms with Gasteiger partial charge in [0.2, 0.25) is 5.91 Å². The van der Waals surface area contributed by atoms with Crippen LogP contribution in [0.5, 0.6) is 5.75 Å².